The Bertz CT molecular complexity index is 818. The molecule has 0 radical (unpaired) electrons. The van der Waals surface area contributed by atoms with Crippen LogP contribution in [0.4, 0.5) is 5.69 Å². The number of halogens is 2. The third-order valence-corrected chi connectivity index (χ3v) is 4.82. The van der Waals surface area contributed by atoms with Crippen LogP contribution in [-0.4, -0.2) is 34.8 Å². The van der Waals surface area contributed by atoms with E-state index in [0.29, 0.717) is 15.7 Å². The summed E-state index contributed by atoms with van der Waals surface area (Å²) in [5, 5.41) is 3.51. The van der Waals surface area contributed by atoms with Crippen LogP contribution in [0, 0.1) is 0 Å². The van der Waals surface area contributed by atoms with Crippen LogP contribution >= 0.6 is 23.2 Å². The van der Waals surface area contributed by atoms with E-state index in [9.17, 15) is 9.59 Å². The van der Waals surface area contributed by atoms with Crippen LogP contribution in [0.25, 0.3) is 0 Å². The first-order valence-corrected chi connectivity index (χ1v) is 9.33. The van der Waals surface area contributed by atoms with Crippen LogP contribution in [0.5, 0.6) is 0 Å². The number of pyridine rings is 1. The Kier molecular flexibility index (Phi) is 6.12. The van der Waals surface area contributed by atoms with Crippen LogP contribution in [0.3, 0.4) is 0 Å². The number of carbonyl (C=O) groups excluding carboxylic acids is 2. The average Bonchev–Trinajstić information content (AvgIpc) is 2.93. The number of likely N-dealkylation sites (tertiary alicyclic amines) is 1. The molecule has 1 fully saturated rings. The third-order valence-electron chi connectivity index (χ3n) is 4.27. The molecule has 1 aromatic carbocycles. The van der Waals surface area contributed by atoms with Crippen molar-refractivity contribution in [1.29, 1.82) is 0 Å². The molecule has 5 nitrogen and oxygen atoms in total. The van der Waals surface area contributed by atoms with E-state index in [0.717, 1.165) is 38.8 Å². The Hall–Kier alpha value is -2.11. The minimum Gasteiger partial charge on any atom is -0.337 e. The van der Waals surface area contributed by atoms with Gasteiger partial charge in [-0.2, -0.15) is 0 Å². The molecule has 7 heteroatoms. The van der Waals surface area contributed by atoms with Crippen molar-refractivity contribution in [2.75, 3.05) is 18.4 Å². The summed E-state index contributed by atoms with van der Waals surface area (Å²) in [6, 6.07) is 9.67. The number of nitrogens with one attached hydrogen (secondary N) is 1. The van der Waals surface area contributed by atoms with Gasteiger partial charge in [0, 0.05) is 18.1 Å². The van der Waals surface area contributed by atoms with E-state index in [1.165, 1.54) is 0 Å². The summed E-state index contributed by atoms with van der Waals surface area (Å²) in [5.74, 6) is -0.564. The number of benzene rings is 1. The van der Waals surface area contributed by atoms with E-state index in [-0.39, 0.29) is 17.3 Å². The number of carbonyl (C=O) groups is 2. The number of hydrogen-bond acceptors (Lipinski definition) is 3. The summed E-state index contributed by atoms with van der Waals surface area (Å²) in [6.45, 7) is 1.47. The van der Waals surface area contributed by atoms with E-state index in [1.54, 1.807) is 36.4 Å². The molecule has 0 bridgehead atoms. The minimum absolute atomic E-state index is 0.133. The molecule has 0 spiro atoms. The molecule has 1 N–H and O–H groups in total. The van der Waals surface area contributed by atoms with Gasteiger partial charge in [0.25, 0.3) is 11.8 Å². The van der Waals surface area contributed by atoms with Gasteiger partial charge in [-0.15, -0.1) is 0 Å². The van der Waals surface area contributed by atoms with Gasteiger partial charge in [-0.1, -0.05) is 42.1 Å². The molecular weight excluding hydrogens is 373 g/mol. The fraction of sp³-hybridized carbons (Fsp3) is 0.316. The van der Waals surface area contributed by atoms with E-state index >= 15 is 0 Å². The second-order valence-corrected chi connectivity index (χ2v) is 7.04. The largest absolute Gasteiger partial charge is 0.337 e. The number of nitrogens with zero attached hydrogens (tertiary/aromatic N) is 2. The first-order valence-electron chi connectivity index (χ1n) is 8.57. The van der Waals surface area contributed by atoms with Crippen molar-refractivity contribution in [3.8, 4) is 0 Å². The summed E-state index contributed by atoms with van der Waals surface area (Å²) in [6.07, 6.45) is 4.28. The summed E-state index contributed by atoms with van der Waals surface area (Å²) < 4.78 is 0. The summed E-state index contributed by atoms with van der Waals surface area (Å²) >= 11 is 11.9. The predicted molar refractivity (Wildman–Crippen MR) is 103 cm³/mol. The van der Waals surface area contributed by atoms with Gasteiger partial charge >= 0.3 is 0 Å². The topological polar surface area (TPSA) is 62.3 Å². The molecule has 2 aromatic rings. The van der Waals surface area contributed by atoms with Crippen LogP contribution in [0.2, 0.25) is 10.0 Å². The molecule has 1 aromatic heterocycles. The normalized spacial score (nSPS) is 14.6. The number of rotatable bonds is 3. The molecule has 136 valence electrons. The number of hydrogen-bond donors (Lipinski definition) is 1. The monoisotopic (exact) mass is 391 g/mol. The second-order valence-electron chi connectivity index (χ2n) is 6.19. The molecule has 2 heterocycles. The van der Waals surface area contributed by atoms with Gasteiger partial charge in [-0.05, 0) is 43.2 Å². The van der Waals surface area contributed by atoms with Crippen molar-refractivity contribution in [2.24, 2.45) is 0 Å². The van der Waals surface area contributed by atoms with Gasteiger partial charge in [0.15, 0.2) is 0 Å². The smallest absolute Gasteiger partial charge is 0.274 e. The van der Waals surface area contributed by atoms with Crippen molar-refractivity contribution in [2.45, 2.75) is 25.7 Å². The summed E-state index contributed by atoms with van der Waals surface area (Å²) in [7, 11) is 0. The molecule has 1 aliphatic rings. The Labute approximate surface area is 162 Å². The lowest BCUT2D eigenvalue weighted by Crippen LogP contribution is -2.32. The van der Waals surface area contributed by atoms with Gasteiger partial charge in [0.2, 0.25) is 0 Å². The van der Waals surface area contributed by atoms with Crippen LogP contribution in [0.15, 0.2) is 36.4 Å². The summed E-state index contributed by atoms with van der Waals surface area (Å²) in [5.41, 5.74) is 0.880. The SMILES string of the molecule is O=C(Nc1ccc(Cl)cc1Cl)c1cccc(C(=O)N2CCCCCC2)n1. The highest BCUT2D eigenvalue weighted by Crippen LogP contribution is 2.25. The van der Waals surface area contributed by atoms with E-state index in [4.69, 9.17) is 23.2 Å². The molecule has 0 atom stereocenters. The fourth-order valence-electron chi connectivity index (χ4n) is 2.89. The zero-order valence-corrected chi connectivity index (χ0v) is 15.7. The minimum atomic E-state index is -0.431. The molecule has 26 heavy (non-hydrogen) atoms. The number of anilines is 1. The summed E-state index contributed by atoms with van der Waals surface area (Å²) in [4.78, 5) is 31.2. The Balaban J connectivity index is 1.75. The highest BCUT2D eigenvalue weighted by Gasteiger charge is 2.20. The van der Waals surface area contributed by atoms with E-state index < -0.39 is 5.91 Å². The van der Waals surface area contributed by atoms with Gasteiger partial charge in [0.05, 0.1) is 10.7 Å². The third kappa shape index (κ3) is 4.54. The van der Waals surface area contributed by atoms with Crippen molar-refractivity contribution in [1.82, 2.24) is 9.88 Å². The molecule has 3 rings (SSSR count). The maximum absolute atomic E-state index is 12.7. The second kappa shape index (κ2) is 8.52. The Morgan fingerprint density at radius 1 is 0.962 bits per heavy atom. The lowest BCUT2D eigenvalue weighted by atomic mass is 10.2. The molecule has 1 aliphatic heterocycles. The van der Waals surface area contributed by atoms with Crippen LogP contribution in [-0.2, 0) is 0 Å². The van der Waals surface area contributed by atoms with Crippen molar-refractivity contribution >= 4 is 40.7 Å². The van der Waals surface area contributed by atoms with Crippen LogP contribution < -0.4 is 5.32 Å². The lowest BCUT2D eigenvalue weighted by molar-refractivity contribution is 0.0755. The van der Waals surface area contributed by atoms with Gasteiger partial charge in [-0.3, -0.25) is 9.59 Å². The zero-order chi connectivity index (χ0) is 18.5. The fourth-order valence-corrected chi connectivity index (χ4v) is 3.35. The predicted octanol–water partition coefficient (Wildman–Crippen LogP) is 4.66. The number of amides is 2. The van der Waals surface area contributed by atoms with E-state index in [2.05, 4.69) is 10.3 Å². The average molecular weight is 392 g/mol. The van der Waals surface area contributed by atoms with E-state index in [1.807, 2.05) is 4.90 Å². The van der Waals surface area contributed by atoms with Crippen LogP contribution in [0.1, 0.15) is 46.7 Å². The molecular formula is C19H19Cl2N3O2. The van der Waals surface area contributed by atoms with Gasteiger partial charge in [0.1, 0.15) is 11.4 Å². The van der Waals surface area contributed by atoms with Gasteiger partial charge < -0.3 is 10.2 Å². The molecule has 0 unspecified atom stereocenters. The first kappa shape index (κ1) is 18.7. The van der Waals surface area contributed by atoms with Crippen molar-refractivity contribution in [3.63, 3.8) is 0 Å². The molecule has 0 saturated carbocycles. The molecule has 0 aliphatic carbocycles. The Morgan fingerprint density at radius 3 is 2.35 bits per heavy atom. The standard InChI is InChI=1S/C19H19Cl2N3O2/c20-13-8-9-15(14(21)12-13)23-18(25)16-6-5-7-17(22-16)19(26)24-10-3-1-2-4-11-24/h5-9,12H,1-4,10-11H2,(H,23,25). The molecule has 1 saturated heterocycles. The highest BCUT2D eigenvalue weighted by molar-refractivity contribution is 6.36. The van der Waals surface area contributed by atoms with Crippen molar-refractivity contribution in [3.05, 3.63) is 57.8 Å². The van der Waals surface area contributed by atoms with Gasteiger partial charge in [-0.25, -0.2) is 4.98 Å². The first-order chi connectivity index (χ1) is 12.5. The molecule has 2 amide bonds. The Morgan fingerprint density at radius 2 is 1.65 bits per heavy atom. The van der Waals surface area contributed by atoms with Crippen molar-refractivity contribution < 1.29 is 9.59 Å². The number of aromatic nitrogens is 1. The maximum atomic E-state index is 12.7. The zero-order valence-electron chi connectivity index (χ0n) is 14.2. The highest BCUT2D eigenvalue weighted by atomic mass is 35.5. The lowest BCUT2D eigenvalue weighted by Gasteiger charge is -2.19. The maximum Gasteiger partial charge on any atom is 0.274 e. The quantitative estimate of drug-likeness (QED) is 0.827.